The molecule has 1 atom stereocenters. The Kier molecular flexibility index (Phi) is 3.64. The van der Waals surface area contributed by atoms with Crippen molar-refractivity contribution in [2.75, 3.05) is 12.4 Å². The number of thiophene rings is 1. The molecule has 2 aromatic heterocycles. The summed E-state index contributed by atoms with van der Waals surface area (Å²) in [4.78, 5) is 4.22. The highest BCUT2D eigenvalue weighted by atomic mass is 32.1. The average molecular weight is 248 g/mol. The first-order chi connectivity index (χ1) is 8.20. The molecule has 0 saturated heterocycles. The van der Waals surface area contributed by atoms with E-state index in [4.69, 9.17) is 4.74 Å². The fraction of sp³-hybridized carbons (Fsp3) is 0.308. The Morgan fingerprint density at radius 1 is 1.47 bits per heavy atom. The minimum absolute atomic E-state index is 0.261. The smallest absolute Gasteiger partial charge is 0.160 e. The van der Waals surface area contributed by atoms with E-state index in [1.54, 1.807) is 24.6 Å². The van der Waals surface area contributed by atoms with Crippen molar-refractivity contribution in [3.05, 3.63) is 40.3 Å². The van der Waals surface area contributed by atoms with Crippen LogP contribution in [0.3, 0.4) is 0 Å². The molecular formula is C13H16N2OS. The Morgan fingerprint density at radius 3 is 2.94 bits per heavy atom. The van der Waals surface area contributed by atoms with Crippen LogP contribution in [0.25, 0.3) is 0 Å². The molecule has 0 aromatic carbocycles. The van der Waals surface area contributed by atoms with Crippen LogP contribution in [0, 0.1) is 6.92 Å². The third-order valence-corrected chi connectivity index (χ3v) is 3.34. The summed E-state index contributed by atoms with van der Waals surface area (Å²) in [5, 5.41) is 7.68. The van der Waals surface area contributed by atoms with Crippen LogP contribution in [-0.2, 0) is 0 Å². The van der Waals surface area contributed by atoms with E-state index in [0.29, 0.717) is 0 Å². The lowest BCUT2D eigenvalue weighted by atomic mass is 10.1. The summed E-state index contributed by atoms with van der Waals surface area (Å²) >= 11 is 1.71. The normalized spacial score (nSPS) is 12.2. The number of nitrogens with zero attached hydrogens (tertiary/aromatic N) is 1. The van der Waals surface area contributed by atoms with Crippen LogP contribution in [-0.4, -0.2) is 12.1 Å². The quantitative estimate of drug-likeness (QED) is 0.897. The number of ether oxygens (including phenoxy) is 1. The van der Waals surface area contributed by atoms with Gasteiger partial charge >= 0.3 is 0 Å². The zero-order chi connectivity index (χ0) is 12.3. The summed E-state index contributed by atoms with van der Waals surface area (Å²) in [6.45, 7) is 4.11. The van der Waals surface area contributed by atoms with Crippen LogP contribution in [0.2, 0.25) is 0 Å². The van der Waals surface area contributed by atoms with E-state index >= 15 is 0 Å². The molecule has 1 N–H and O–H groups in total. The first-order valence-corrected chi connectivity index (χ1v) is 6.44. The van der Waals surface area contributed by atoms with Crippen molar-refractivity contribution < 1.29 is 4.74 Å². The Labute approximate surface area is 105 Å². The number of anilines is 1. The zero-order valence-electron chi connectivity index (χ0n) is 10.2. The van der Waals surface area contributed by atoms with Crippen LogP contribution in [0.5, 0.6) is 5.75 Å². The summed E-state index contributed by atoms with van der Waals surface area (Å²) < 4.78 is 5.30. The van der Waals surface area contributed by atoms with E-state index < -0.39 is 0 Å². The fourth-order valence-corrected chi connectivity index (χ4v) is 2.41. The van der Waals surface area contributed by atoms with E-state index in [0.717, 1.165) is 17.1 Å². The number of rotatable bonds is 4. The van der Waals surface area contributed by atoms with E-state index in [1.165, 1.54) is 5.56 Å². The Hall–Kier alpha value is -1.55. The predicted octanol–water partition coefficient (Wildman–Crippen LogP) is 3.63. The average Bonchev–Trinajstić information content (AvgIpc) is 2.83. The maximum atomic E-state index is 5.30. The van der Waals surface area contributed by atoms with Crippen LogP contribution in [0.4, 0.5) is 5.69 Å². The second-order valence-corrected chi connectivity index (χ2v) is 4.73. The molecule has 4 heteroatoms. The minimum Gasteiger partial charge on any atom is -0.493 e. The van der Waals surface area contributed by atoms with Crippen LogP contribution >= 0.6 is 11.3 Å². The molecule has 0 spiro atoms. The van der Waals surface area contributed by atoms with Gasteiger partial charge in [0.25, 0.3) is 0 Å². The summed E-state index contributed by atoms with van der Waals surface area (Å²) in [5.74, 6) is 0.776. The number of pyridine rings is 1. The van der Waals surface area contributed by atoms with E-state index in [1.807, 2.05) is 13.0 Å². The highest BCUT2D eigenvalue weighted by Crippen LogP contribution is 2.28. The summed E-state index contributed by atoms with van der Waals surface area (Å²) in [5.41, 5.74) is 3.25. The van der Waals surface area contributed by atoms with E-state index in [9.17, 15) is 0 Å². The summed E-state index contributed by atoms with van der Waals surface area (Å²) in [6, 6.07) is 4.39. The molecule has 2 heterocycles. The fourth-order valence-electron chi connectivity index (χ4n) is 1.66. The number of aryl methyl sites for hydroxylation is 1. The van der Waals surface area contributed by atoms with Crippen molar-refractivity contribution in [2.24, 2.45) is 0 Å². The maximum absolute atomic E-state index is 5.30. The molecule has 0 bridgehead atoms. The number of hydrogen-bond acceptors (Lipinski definition) is 4. The topological polar surface area (TPSA) is 34.1 Å². The van der Waals surface area contributed by atoms with Gasteiger partial charge in [-0.2, -0.15) is 11.3 Å². The second-order valence-electron chi connectivity index (χ2n) is 3.95. The number of aromatic nitrogens is 1. The molecule has 0 amide bonds. The monoisotopic (exact) mass is 248 g/mol. The largest absolute Gasteiger partial charge is 0.493 e. The molecule has 17 heavy (non-hydrogen) atoms. The van der Waals surface area contributed by atoms with Gasteiger partial charge in [0.1, 0.15) is 0 Å². The molecule has 2 aromatic rings. The van der Waals surface area contributed by atoms with Gasteiger partial charge < -0.3 is 10.1 Å². The van der Waals surface area contributed by atoms with Gasteiger partial charge in [-0.3, -0.25) is 4.98 Å². The van der Waals surface area contributed by atoms with Crippen LogP contribution in [0.1, 0.15) is 24.2 Å². The molecule has 0 aliphatic rings. The molecule has 0 aliphatic carbocycles. The van der Waals surface area contributed by atoms with Gasteiger partial charge in [0.2, 0.25) is 0 Å². The maximum Gasteiger partial charge on any atom is 0.160 e. The Balaban J connectivity index is 2.20. The van der Waals surface area contributed by atoms with Gasteiger partial charge in [0.05, 0.1) is 19.0 Å². The molecule has 90 valence electrons. The number of hydrogen-bond donors (Lipinski definition) is 1. The first kappa shape index (κ1) is 11.9. The highest BCUT2D eigenvalue weighted by Gasteiger charge is 2.09. The van der Waals surface area contributed by atoms with Crippen molar-refractivity contribution in [3.8, 4) is 5.75 Å². The van der Waals surface area contributed by atoms with Crippen molar-refractivity contribution in [3.63, 3.8) is 0 Å². The van der Waals surface area contributed by atoms with E-state index in [-0.39, 0.29) is 6.04 Å². The van der Waals surface area contributed by atoms with Gasteiger partial charge in [-0.15, -0.1) is 0 Å². The SMILES string of the molecule is COc1cnc(C)cc1NC(C)c1ccsc1. The highest BCUT2D eigenvalue weighted by molar-refractivity contribution is 7.07. The van der Waals surface area contributed by atoms with Crippen molar-refractivity contribution in [1.82, 2.24) is 4.98 Å². The molecule has 0 aliphatic heterocycles. The molecule has 0 radical (unpaired) electrons. The third-order valence-electron chi connectivity index (χ3n) is 2.64. The van der Waals surface area contributed by atoms with Gasteiger partial charge in [-0.05, 0) is 42.3 Å². The van der Waals surface area contributed by atoms with Crippen LogP contribution < -0.4 is 10.1 Å². The molecule has 3 nitrogen and oxygen atoms in total. The Bertz CT molecular complexity index is 482. The lowest BCUT2D eigenvalue weighted by molar-refractivity contribution is 0.414. The number of methoxy groups -OCH3 is 1. The van der Waals surface area contributed by atoms with Gasteiger partial charge in [0, 0.05) is 11.7 Å². The molecule has 2 rings (SSSR count). The molecule has 1 unspecified atom stereocenters. The molecular weight excluding hydrogens is 232 g/mol. The molecule has 0 saturated carbocycles. The van der Waals surface area contributed by atoms with Crippen LogP contribution in [0.15, 0.2) is 29.1 Å². The lowest BCUT2D eigenvalue weighted by Gasteiger charge is -2.16. The van der Waals surface area contributed by atoms with Crippen molar-refractivity contribution in [1.29, 1.82) is 0 Å². The lowest BCUT2D eigenvalue weighted by Crippen LogP contribution is -2.07. The standard InChI is InChI=1S/C13H16N2OS/c1-9-6-12(13(16-3)7-14-9)15-10(2)11-4-5-17-8-11/h4-8,10H,1-3H3,(H,14,15). The second kappa shape index (κ2) is 5.19. The van der Waals surface area contributed by atoms with Crippen molar-refractivity contribution in [2.45, 2.75) is 19.9 Å². The minimum atomic E-state index is 0.261. The molecule has 0 fully saturated rings. The van der Waals surface area contributed by atoms with Gasteiger partial charge in [0.15, 0.2) is 5.75 Å². The zero-order valence-corrected chi connectivity index (χ0v) is 11.0. The summed E-state index contributed by atoms with van der Waals surface area (Å²) in [7, 11) is 1.66. The van der Waals surface area contributed by atoms with Crippen molar-refractivity contribution >= 4 is 17.0 Å². The van der Waals surface area contributed by atoms with Gasteiger partial charge in [-0.25, -0.2) is 0 Å². The summed E-state index contributed by atoms with van der Waals surface area (Å²) in [6.07, 6.45) is 1.75. The Morgan fingerprint density at radius 2 is 2.29 bits per heavy atom. The third kappa shape index (κ3) is 2.77. The van der Waals surface area contributed by atoms with Gasteiger partial charge in [-0.1, -0.05) is 0 Å². The first-order valence-electron chi connectivity index (χ1n) is 5.50. The number of nitrogens with one attached hydrogen (secondary N) is 1. The van der Waals surface area contributed by atoms with E-state index in [2.05, 4.69) is 34.1 Å². The predicted molar refractivity (Wildman–Crippen MR) is 71.9 cm³/mol.